The fourth-order valence-electron chi connectivity index (χ4n) is 2.76. The zero-order chi connectivity index (χ0) is 21.3. The number of carbonyl (C=O) groups excluding carboxylic acids is 1. The summed E-state index contributed by atoms with van der Waals surface area (Å²) in [6, 6.07) is 9.10. The molecule has 0 aliphatic rings. The molecule has 1 amide bonds. The van der Waals surface area contributed by atoms with Gasteiger partial charge < -0.3 is 15.0 Å². The second-order valence-corrected chi connectivity index (χ2v) is 6.35. The summed E-state index contributed by atoms with van der Waals surface area (Å²) in [5.41, 5.74) is 1.67. The topological polar surface area (TPSA) is 80.2 Å². The quantitative estimate of drug-likeness (QED) is 0.515. The van der Waals surface area contributed by atoms with Gasteiger partial charge in [0.25, 0.3) is 0 Å². The second kappa shape index (κ2) is 10.4. The minimum Gasteiger partial charge on any atom is -0.383 e. The van der Waals surface area contributed by atoms with E-state index in [1.165, 1.54) is 24.3 Å². The van der Waals surface area contributed by atoms with Crippen LogP contribution >= 0.6 is 0 Å². The highest BCUT2D eigenvalue weighted by Crippen LogP contribution is 2.26. The maximum Gasteiger partial charge on any atom is 0.214 e. The largest absolute Gasteiger partial charge is 0.383 e. The summed E-state index contributed by atoms with van der Waals surface area (Å²) in [6.45, 7) is 1.13. The Morgan fingerprint density at radius 1 is 1.17 bits per heavy atom. The Kier molecular flexibility index (Phi) is 7.34. The molecule has 2 aromatic heterocycles. The second-order valence-electron chi connectivity index (χ2n) is 6.35. The highest BCUT2D eigenvalue weighted by atomic mass is 19.2. The fourth-order valence-corrected chi connectivity index (χ4v) is 2.76. The molecule has 9 heteroatoms. The first-order chi connectivity index (χ1) is 14.6. The number of hydrogen-bond donors (Lipinski definition) is 1. The molecule has 0 spiro atoms. The summed E-state index contributed by atoms with van der Waals surface area (Å²) in [4.78, 5) is 26.0. The molecule has 0 atom stereocenters. The molecule has 0 radical (unpaired) electrons. The number of methoxy groups -OCH3 is 1. The van der Waals surface area contributed by atoms with Crippen LogP contribution in [0.3, 0.4) is 0 Å². The summed E-state index contributed by atoms with van der Waals surface area (Å²) in [7, 11) is 1.54. The van der Waals surface area contributed by atoms with E-state index in [9.17, 15) is 13.6 Å². The zero-order valence-corrected chi connectivity index (χ0v) is 16.4. The van der Waals surface area contributed by atoms with Gasteiger partial charge in [0.05, 0.1) is 12.8 Å². The van der Waals surface area contributed by atoms with E-state index < -0.39 is 11.6 Å². The molecule has 3 aromatic rings. The van der Waals surface area contributed by atoms with Crippen LogP contribution in [0, 0.1) is 11.6 Å². The number of hydrogen-bond acceptors (Lipinski definition) is 6. The predicted molar refractivity (Wildman–Crippen MR) is 109 cm³/mol. The van der Waals surface area contributed by atoms with E-state index in [1.807, 2.05) is 18.2 Å². The third kappa shape index (κ3) is 5.32. The van der Waals surface area contributed by atoms with Crippen LogP contribution in [-0.2, 0) is 16.0 Å². The highest BCUT2D eigenvalue weighted by Gasteiger charge is 2.16. The number of pyridine rings is 1. The molecule has 0 aliphatic heterocycles. The maximum atomic E-state index is 13.6. The molecule has 7 nitrogen and oxygen atoms in total. The van der Waals surface area contributed by atoms with Gasteiger partial charge in [0.2, 0.25) is 6.41 Å². The van der Waals surface area contributed by atoms with Gasteiger partial charge >= 0.3 is 0 Å². The minimum absolute atomic E-state index is 0.204. The summed E-state index contributed by atoms with van der Waals surface area (Å²) in [5, 5.41) is 3.19. The average molecular weight is 413 g/mol. The van der Waals surface area contributed by atoms with Gasteiger partial charge in [-0.1, -0.05) is 6.07 Å². The van der Waals surface area contributed by atoms with E-state index in [0.717, 1.165) is 17.8 Å². The molecule has 2 heterocycles. The Bertz CT molecular complexity index is 988. The summed E-state index contributed by atoms with van der Waals surface area (Å²) in [6.07, 6.45) is 4.48. The van der Waals surface area contributed by atoms with Crippen LogP contribution in [-0.4, -0.2) is 48.2 Å². The Hall–Kier alpha value is -3.46. The van der Waals surface area contributed by atoms with Gasteiger partial charge in [0.15, 0.2) is 23.3 Å². The summed E-state index contributed by atoms with van der Waals surface area (Å²) >= 11 is 0. The van der Waals surface area contributed by atoms with Crippen molar-refractivity contribution >= 4 is 17.9 Å². The van der Waals surface area contributed by atoms with Crippen LogP contribution in [0.4, 0.5) is 20.3 Å². The van der Waals surface area contributed by atoms with Crippen LogP contribution in [0.1, 0.15) is 5.69 Å². The first-order valence-corrected chi connectivity index (χ1v) is 9.29. The van der Waals surface area contributed by atoms with E-state index in [0.29, 0.717) is 49.6 Å². The molecule has 1 aromatic carbocycles. The van der Waals surface area contributed by atoms with Crippen LogP contribution < -0.4 is 10.2 Å². The Morgan fingerprint density at radius 3 is 2.73 bits per heavy atom. The van der Waals surface area contributed by atoms with Gasteiger partial charge in [-0.05, 0) is 30.3 Å². The number of aromatic nitrogens is 3. The van der Waals surface area contributed by atoms with Crippen LogP contribution in [0.25, 0.3) is 11.4 Å². The first-order valence-electron chi connectivity index (χ1n) is 9.29. The molecule has 0 fully saturated rings. The van der Waals surface area contributed by atoms with Gasteiger partial charge in [-0.15, -0.1) is 0 Å². The summed E-state index contributed by atoms with van der Waals surface area (Å²) in [5.74, 6) is -1.34. The number of amides is 1. The molecule has 0 aliphatic carbocycles. The number of carbonyl (C=O) groups is 1. The molecule has 30 heavy (non-hydrogen) atoms. The predicted octanol–water partition coefficient (Wildman–Crippen LogP) is 3.08. The van der Waals surface area contributed by atoms with Gasteiger partial charge in [-0.3, -0.25) is 9.78 Å². The number of benzene rings is 1. The van der Waals surface area contributed by atoms with Crippen molar-refractivity contribution < 1.29 is 18.3 Å². The van der Waals surface area contributed by atoms with Gasteiger partial charge in [0.1, 0.15) is 5.69 Å². The third-order valence-corrected chi connectivity index (χ3v) is 4.32. The molecule has 156 valence electrons. The van der Waals surface area contributed by atoms with Crippen molar-refractivity contribution in [3.05, 3.63) is 66.1 Å². The van der Waals surface area contributed by atoms with Gasteiger partial charge in [-0.25, -0.2) is 18.7 Å². The normalized spacial score (nSPS) is 10.6. The van der Waals surface area contributed by atoms with E-state index in [4.69, 9.17) is 4.74 Å². The average Bonchev–Trinajstić information content (AvgIpc) is 2.77. The van der Waals surface area contributed by atoms with E-state index in [1.54, 1.807) is 6.20 Å². The molecule has 1 N–H and O–H groups in total. The Balaban J connectivity index is 1.88. The Morgan fingerprint density at radius 2 is 2.03 bits per heavy atom. The lowest BCUT2D eigenvalue weighted by Gasteiger charge is -2.20. The lowest BCUT2D eigenvalue weighted by molar-refractivity contribution is -0.107. The summed E-state index contributed by atoms with van der Waals surface area (Å²) < 4.78 is 31.9. The number of rotatable bonds is 10. The number of nitrogens with one attached hydrogen (secondary N) is 1. The lowest BCUT2D eigenvalue weighted by Crippen LogP contribution is -2.27. The zero-order valence-electron chi connectivity index (χ0n) is 16.4. The SMILES string of the molecule is COCCN(C=O)c1cnc(-c2ccc(F)c(F)c2)nc1NCCc1ccccn1. The van der Waals surface area contributed by atoms with Crippen LogP contribution in [0.5, 0.6) is 0 Å². The van der Waals surface area contributed by atoms with Gasteiger partial charge in [-0.2, -0.15) is 0 Å². The van der Waals surface area contributed by atoms with E-state index >= 15 is 0 Å². The fraction of sp³-hybridized carbons (Fsp3) is 0.238. The molecule has 3 rings (SSSR count). The number of halogens is 2. The van der Waals surface area contributed by atoms with Crippen molar-refractivity contribution in [1.29, 1.82) is 0 Å². The third-order valence-electron chi connectivity index (χ3n) is 4.32. The molecule has 0 bridgehead atoms. The standard InChI is InChI=1S/C21H21F2N5O2/c1-30-11-10-28(14-29)19-13-26-20(15-5-6-17(22)18(23)12-15)27-21(19)25-9-7-16-4-2-3-8-24-16/h2-6,8,12-14H,7,9-11H2,1H3,(H,25,26,27). The van der Waals surface area contributed by atoms with Crippen molar-refractivity contribution in [3.63, 3.8) is 0 Å². The van der Waals surface area contributed by atoms with Crippen molar-refractivity contribution in [2.24, 2.45) is 0 Å². The molecule has 0 saturated heterocycles. The van der Waals surface area contributed by atoms with Crippen molar-refractivity contribution in [1.82, 2.24) is 15.0 Å². The smallest absolute Gasteiger partial charge is 0.214 e. The Labute approximate surface area is 172 Å². The van der Waals surface area contributed by atoms with Crippen molar-refractivity contribution in [2.75, 3.05) is 37.0 Å². The number of nitrogens with zero attached hydrogens (tertiary/aromatic N) is 4. The number of anilines is 2. The number of ether oxygens (including phenoxy) is 1. The highest BCUT2D eigenvalue weighted by molar-refractivity contribution is 5.82. The van der Waals surface area contributed by atoms with Crippen molar-refractivity contribution in [3.8, 4) is 11.4 Å². The van der Waals surface area contributed by atoms with E-state index in [-0.39, 0.29) is 5.82 Å². The molecule has 0 unspecified atom stereocenters. The van der Waals surface area contributed by atoms with Crippen LogP contribution in [0.2, 0.25) is 0 Å². The lowest BCUT2D eigenvalue weighted by atomic mass is 10.2. The van der Waals surface area contributed by atoms with Gasteiger partial charge in [0, 0.05) is 44.1 Å². The minimum atomic E-state index is -0.987. The first kappa shape index (κ1) is 21.3. The molecule has 0 saturated carbocycles. The van der Waals surface area contributed by atoms with Crippen molar-refractivity contribution in [2.45, 2.75) is 6.42 Å². The molecular weight excluding hydrogens is 392 g/mol. The molecular formula is C21H21F2N5O2. The van der Waals surface area contributed by atoms with Crippen LogP contribution in [0.15, 0.2) is 48.8 Å². The maximum absolute atomic E-state index is 13.6. The van der Waals surface area contributed by atoms with E-state index in [2.05, 4.69) is 20.3 Å². The monoisotopic (exact) mass is 413 g/mol.